The molecular formula is C29H27FN2O. The molecule has 0 fully saturated rings. The number of halogens is 1. The maximum atomic E-state index is 13.2. The van der Waals surface area contributed by atoms with Crippen molar-refractivity contribution < 1.29 is 9.18 Å². The quantitative estimate of drug-likeness (QED) is 0.312. The number of hydrogen-bond donors (Lipinski definition) is 1. The monoisotopic (exact) mass is 438 g/mol. The summed E-state index contributed by atoms with van der Waals surface area (Å²) in [5.74, 6) is 5.79. The summed E-state index contributed by atoms with van der Waals surface area (Å²) < 4.78 is 13.2. The van der Waals surface area contributed by atoms with Crippen LogP contribution in [0.25, 0.3) is 5.57 Å². The van der Waals surface area contributed by atoms with Crippen LogP contribution in [0.15, 0.2) is 90.0 Å². The first-order valence-electron chi connectivity index (χ1n) is 10.9. The molecule has 0 radical (unpaired) electrons. The largest absolute Gasteiger partial charge is 0.352 e. The highest BCUT2D eigenvalue weighted by Crippen LogP contribution is 2.22. The molecule has 166 valence electrons. The van der Waals surface area contributed by atoms with Crippen LogP contribution in [0.2, 0.25) is 0 Å². The number of aliphatic imine (C=N–C) groups is 1. The van der Waals surface area contributed by atoms with E-state index in [4.69, 9.17) is 0 Å². The zero-order valence-corrected chi connectivity index (χ0v) is 18.8. The highest BCUT2D eigenvalue weighted by molar-refractivity contribution is 5.95. The van der Waals surface area contributed by atoms with Crippen LogP contribution >= 0.6 is 0 Å². The Morgan fingerprint density at radius 3 is 2.73 bits per heavy atom. The van der Waals surface area contributed by atoms with Gasteiger partial charge in [0.05, 0.1) is 6.54 Å². The summed E-state index contributed by atoms with van der Waals surface area (Å²) in [6.45, 7) is 7.08. The van der Waals surface area contributed by atoms with Crippen LogP contribution in [0.4, 0.5) is 4.39 Å². The van der Waals surface area contributed by atoms with E-state index in [0.717, 1.165) is 30.5 Å². The van der Waals surface area contributed by atoms with E-state index in [-0.39, 0.29) is 11.7 Å². The Bertz CT molecular complexity index is 1190. The molecule has 0 unspecified atom stereocenters. The molecule has 1 N–H and O–H groups in total. The lowest BCUT2D eigenvalue weighted by Crippen LogP contribution is -2.24. The molecular weight excluding hydrogens is 411 g/mol. The van der Waals surface area contributed by atoms with E-state index in [1.165, 1.54) is 17.7 Å². The Balaban J connectivity index is 1.83. The third-order valence-electron chi connectivity index (χ3n) is 5.07. The maximum Gasteiger partial charge on any atom is 0.251 e. The average Bonchev–Trinajstić information content (AvgIpc) is 3.35. The van der Waals surface area contributed by atoms with Crippen molar-refractivity contribution in [3.05, 3.63) is 113 Å². The average molecular weight is 439 g/mol. The molecule has 0 atom stereocenters. The lowest BCUT2D eigenvalue weighted by molar-refractivity contribution is 0.0953. The van der Waals surface area contributed by atoms with E-state index in [0.29, 0.717) is 23.2 Å². The van der Waals surface area contributed by atoms with Crippen molar-refractivity contribution in [3.63, 3.8) is 0 Å². The molecule has 0 saturated carbocycles. The van der Waals surface area contributed by atoms with Gasteiger partial charge in [0.1, 0.15) is 5.82 Å². The zero-order chi connectivity index (χ0) is 23.5. The first kappa shape index (κ1) is 23.7. The van der Waals surface area contributed by atoms with Crippen molar-refractivity contribution in [1.82, 2.24) is 5.32 Å². The van der Waals surface area contributed by atoms with Gasteiger partial charge in [-0.1, -0.05) is 54.9 Å². The molecule has 0 saturated heterocycles. The van der Waals surface area contributed by atoms with Gasteiger partial charge in [-0.05, 0) is 72.9 Å². The molecule has 0 aromatic heterocycles. The number of nitrogens with one attached hydrogen (secondary N) is 1. The molecule has 0 bridgehead atoms. The van der Waals surface area contributed by atoms with Crippen molar-refractivity contribution in [2.45, 2.75) is 19.8 Å². The van der Waals surface area contributed by atoms with Crippen molar-refractivity contribution in [3.8, 4) is 11.8 Å². The molecule has 0 aliphatic carbocycles. The van der Waals surface area contributed by atoms with E-state index in [2.05, 4.69) is 34.8 Å². The van der Waals surface area contributed by atoms with Gasteiger partial charge >= 0.3 is 0 Å². The topological polar surface area (TPSA) is 41.5 Å². The number of benzene rings is 2. The number of carbonyl (C=O) groups is 1. The molecule has 1 aliphatic rings. The summed E-state index contributed by atoms with van der Waals surface area (Å²) >= 11 is 0. The van der Waals surface area contributed by atoms with Crippen LogP contribution < -0.4 is 5.32 Å². The van der Waals surface area contributed by atoms with Gasteiger partial charge in [0.15, 0.2) is 0 Å². The second kappa shape index (κ2) is 12.2. The van der Waals surface area contributed by atoms with Gasteiger partial charge in [0.2, 0.25) is 0 Å². The van der Waals surface area contributed by atoms with Gasteiger partial charge in [0, 0.05) is 29.4 Å². The highest BCUT2D eigenvalue weighted by Gasteiger charge is 2.11. The lowest BCUT2D eigenvalue weighted by Gasteiger charge is -2.10. The predicted molar refractivity (Wildman–Crippen MR) is 135 cm³/mol. The fraction of sp³-hybridized carbons (Fsp3) is 0.172. The standard InChI is InChI=1S/C29H27FN2O/c1-3-6-24(7-4-2)28-16-13-26(29(33)32-18-5-8-23-17-19-31-21-23)20-25(28)12-9-22-10-14-27(30)15-11-22/h3-4,6-7,10-11,13-17,20-21H,1,5,8,18-19H2,2H3,(H,32,33)/b7-4-,24-6+. The van der Waals surface area contributed by atoms with Crippen LogP contribution in [-0.4, -0.2) is 25.2 Å². The summed E-state index contributed by atoms with van der Waals surface area (Å²) in [5, 5.41) is 2.98. The van der Waals surface area contributed by atoms with E-state index in [1.807, 2.05) is 37.4 Å². The summed E-state index contributed by atoms with van der Waals surface area (Å²) in [4.78, 5) is 16.9. The van der Waals surface area contributed by atoms with Gasteiger partial charge in [-0.15, -0.1) is 0 Å². The van der Waals surface area contributed by atoms with Gasteiger partial charge in [-0.25, -0.2) is 4.39 Å². The summed E-state index contributed by atoms with van der Waals surface area (Å²) in [6.07, 6.45) is 13.3. The molecule has 2 aromatic carbocycles. The number of nitrogens with zero attached hydrogens (tertiary/aromatic N) is 1. The minimum atomic E-state index is -0.305. The number of amides is 1. The van der Waals surface area contributed by atoms with Crippen molar-refractivity contribution in [2.24, 2.45) is 4.99 Å². The molecule has 4 heteroatoms. The second-order valence-electron chi connectivity index (χ2n) is 7.51. The summed E-state index contributed by atoms with van der Waals surface area (Å²) in [5.41, 5.74) is 5.01. The third-order valence-corrected chi connectivity index (χ3v) is 5.07. The second-order valence-corrected chi connectivity index (χ2v) is 7.51. The van der Waals surface area contributed by atoms with E-state index in [1.54, 1.807) is 30.3 Å². The molecule has 3 nitrogen and oxygen atoms in total. The minimum absolute atomic E-state index is 0.138. The third kappa shape index (κ3) is 7.02. The fourth-order valence-corrected chi connectivity index (χ4v) is 3.41. The first-order chi connectivity index (χ1) is 16.1. The van der Waals surface area contributed by atoms with Crippen LogP contribution in [0.3, 0.4) is 0 Å². The van der Waals surface area contributed by atoms with E-state index < -0.39 is 0 Å². The van der Waals surface area contributed by atoms with Crippen molar-refractivity contribution in [2.75, 3.05) is 13.1 Å². The number of allylic oxidation sites excluding steroid dienone is 6. The molecule has 1 heterocycles. The van der Waals surface area contributed by atoms with Gasteiger partial charge in [0.25, 0.3) is 5.91 Å². The molecule has 1 amide bonds. The normalized spacial score (nSPS) is 12.9. The minimum Gasteiger partial charge on any atom is -0.352 e. The van der Waals surface area contributed by atoms with Crippen molar-refractivity contribution >= 4 is 17.7 Å². The summed E-state index contributed by atoms with van der Waals surface area (Å²) in [6, 6.07) is 11.5. The first-order valence-corrected chi connectivity index (χ1v) is 10.9. The number of carbonyl (C=O) groups excluding carboxylic acids is 1. The van der Waals surface area contributed by atoms with E-state index >= 15 is 0 Å². The molecule has 0 spiro atoms. The molecule has 2 aromatic rings. The van der Waals surface area contributed by atoms with Crippen LogP contribution in [0.5, 0.6) is 0 Å². The molecule has 3 rings (SSSR count). The fourth-order valence-electron chi connectivity index (χ4n) is 3.41. The van der Waals surface area contributed by atoms with Gasteiger partial charge in [-0.3, -0.25) is 9.79 Å². The highest BCUT2D eigenvalue weighted by atomic mass is 19.1. The smallest absolute Gasteiger partial charge is 0.251 e. The summed E-state index contributed by atoms with van der Waals surface area (Å²) in [7, 11) is 0. The lowest BCUT2D eigenvalue weighted by atomic mass is 9.96. The SMILES string of the molecule is C=C/C=C(\C=C/C)c1ccc(C(=O)NCCCC2=CCN=C2)cc1C#Cc1ccc(F)cc1. The Hall–Kier alpha value is -3.97. The van der Waals surface area contributed by atoms with Gasteiger partial charge < -0.3 is 5.32 Å². The maximum absolute atomic E-state index is 13.2. The Morgan fingerprint density at radius 1 is 1.21 bits per heavy atom. The van der Waals surface area contributed by atoms with Crippen LogP contribution in [-0.2, 0) is 0 Å². The van der Waals surface area contributed by atoms with Crippen LogP contribution in [0, 0.1) is 17.7 Å². The Morgan fingerprint density at radius 2 is 2.03 bits per heavy atom. The predicted octanol–water partition coefficient (Wildman–Crippen LogP) is 5.89. The molecule has 33 heavy (non-hydrogen) atoms. The number of hydrogen-bond acceptors (Lipinski definition) is 2. The van der Waals surface area contributed by atoms with E-state index in [9.17, 15) is 9.18 Å². The van der Waals surface area contributed by atoms with Crippen molar-refractivity contribution in [1.29, 1.82) is 0 Å². The Kier molecular flexibility index (Phi) is 8.73. The molecule has 1 aliphatic heterocycles. The Labute approximate surface area is 195 Å². The van der Waals surface area contributed by atoms with Crippen LogP contribution in [0.1, 0.15) is 46.8 Å². The zero-order valence-electron chi connectivity index (χ0n) is 18.8. The number of rotatable bonds is 8. The van der Waals surface area contributed by atoms with Gasteiger partial charge in [-0.2, -0.15) is 0 Å².